The third kappa shape index (κ3) is 4.82. The van der Waals surface area contributed by atoms with E-state index < -0.39 is 10.0 Å². The molecule has 0 unspecified atom stereocenters. The molecule has 0 amide bonds. The number of rotatable bonds is 9. The number of nitrogens with zero attached hydrogens (tertiary/aromatic N) is 3. The van der Waals surface area contributed by atoms with E-state index in [-0.39, 0.29) is 21.8 Å². The van der Waals surface area contributed by atoms with E-state index in [1.807, 2.05) is 0 Å². The van der Waals surface area contributed by atoms with E-state index >= 15 is 0 Å². The highest BCUT2D eigenvalue weighted by Crippen LogP contribution is 2.30. The molecule has 0 aliphatic carbocycles. The number of methoxy groups -OCH3 is 1. The number of benzene rings is 2. The number of hydrogen-bond acceptors (Lipinski definition) is 7. The summed E-state index contributed by atoms with van der Waals surface area (Å²) in [6.07, 6.45) is 0. The third-order valence-corrected chi connectivity index (χ3v) is 7.34. The monoisotopic (exact) mass is 451 g/mol. The Hall–Kier alpha value is -2.43. The van der Waals surface area contributed by atoms with E-state index in [2.05, 4.69) is 10.2 Å². The van der Waals surface area contributed by atoms with Crippen molar-refractivity contribution in [2.45, 2.75) is 29.7 Å². The van der Waals surface area contributed by atoms with Crippen molar-refractivity contribution >= 4 is 21.8 Å². The van der Waals surface area contributed by atoms with Gasteiger partial charge >= 0.3 is 0 Å². The Labute approximate surface area is 179 Å². The largest absolute Gasteiger partial charge is 0.496 e. The molecule has 10 heteroatoms. The third-order valence-electron chi connectivity index (χ3n) is 4.42. The van der Waals surface area contributed by atoms with Crippen molar-refractivity contribution in [1.29, 1.82) is 0 Å². The van der Waals surface area contributed by atoms with Crippen LogP contribution in [0, 0.1) is 5.82 Å². The van der Waals surface area contributed by atoms with E-state index in [1.165, 1.54) is 41.4 Å². The van der Waals surface area contributed by atoms with Crippen molar-refractivity contribution in [2.75, 3.05) is 20.2 Å². The molecule has 0 fully saturated rings. The number of hydrogen-bond donors (Lipinski definition) is 0. The van der Waals surface area contributed by atoms with Crippen LogP contribution >= 0.6 is 11.8 Å². The summed E-state index contributed by atoms with van der Waals surface area (Å²) >= 11 is 1.24. The summed E-state index contributed by atoms with van der Waals surface area (Å²) in [6, 6.07) is 10.7. The lowest BCUT2D eigenvalue weighted by atomic mass is 10.2. The zero-order valence-corrected chi connectivity index (χ0v) is 18.5. The van der Waals surface area contributed by atoms with Gasteiger partial charge in [-0.2, -0.15) is 4.31 Å². The van der Waals surface area contributed by atoms with Crippen molar-refractivity contribution in [2.24, 2.45) is 0 Å². The molecule has 30 heavy (non-hydrogen) atoms. The van der Waals surface area contributed by atoms with E-state index in [0.717, 1.165) is 0 Å². The van der Waals surface area contributed by atoms with Crippen molar-refractivity contribution in [3.63, 3.8) is 0 Å². The lowest BCUT2D eigenvalue weighted by Crippen LogP contribution is -2.30. The van der Waals surface area contributed by atoms with Crippen molar-refractivity contribution < 1.29 is 22.0 Å². The van der Waals surface area contributed by atoms with Crippen LogP contribution in [0.1, 0.15) is 19.4 Å². The van der Waals surface area contributed by atoms with Crippen molar-refractivity contribution in [3.05, 3.63) is 53.8 Å². The number of aromatic nitrogens is 2. The fraction of sp³-hybridized carbons (Fsp3) is 0.300. The van der Waals surface area contributed by atoms with Crippen molar-refractivity contribution in [1.82, 2.24) is 14.5 Å². The van der Waals surface area contributed by atoms with Gasteiger partial charge in [-0.15, -0.1) is 10.2 Å². The Morgan fingerprint density at radius 2 is 1.90 bits per heavy atom. The van der Waals surface area contributed by atoms with Gasteiger partial charge < -0.3 is 9.15 Å². The first-order valence-corrected chi connectivity index (χ1v) is 11.7. The minimum Gasteiger partial charge on any atom is -0.496 e. The van der Waals surface area contributed by atoms with Gasteiger partial charge in [0.2, 0.25) is 15.9 Å². The highest BCUT2D eigenvalue weighted by atomic mass is 32.2. The molecule has 0 radical (unpaired) electrons. The van der Waals surface area contributed by atoms with Crippen LogP contribution < -0.4 is 4.74 Å². The van der Waals surface area contributed by atoms with Gasteiger partial charge in [-0.05, 0) is 36.4 Å². The molecule has 1 aromatic heterocycles. The molecule has 1 heterocycles. The van der Waals surface area contributed by atoms with Crippen LogP contribution in [0.2, 0.25) is 0 Å². The molecule has 0 atom stereocenters. The second-order valence-corrected chi connectivity index (χ2v) is 9.10. The molecule has 0 spiro atoms. The SMILES string of the molecule is CCN(CC)S(=O)(=O)c1cccc(-c2nnc(SCc3cc(F)ccc3OC)o2)c1. The fourth-order valence-electron chi connectivity index (χ4n) is 2.89. The van der Waals surface area contributed by atoms with Crippen LogP contribution in [0.4, 0.5) is 4.39 Å². The average Bonchev–Trinajstić information content (AvgIpc) is 3.22. The summed E-state index contributed by atoms with van der Waals surface area (Å²) in [5, 5.41) is 8.30. The first-order valence-electron chi connectivity index (χ1n) is 9.28. The Morgan fingerprint density at radius 3 is 2.60 bits per heavy atom. The summed E-state index contributed by atoms with van der Waals surface area (Å²) < 4.78 is 51.3. The maximum absolute atomic E-state index is 13.5. The predicted molar refractivity (Wildman–Crippen MR) is 112 cm³/mol. The number of halogens is 1. The lowest BCUT2D eigenvalue weighted by molar-refractivity contribution is 0.410. The molecule has 7 nitrogen and oxygen atoms in total. The smallest absolute Gasteiger partial charge is 0.277 e. The Balaban J connectivity index is 1.79. The normalized spacial score (nSPS) is 11.8. The molecule has 0 N–H and O–H groups in total. The first kappa shape index (κ1) is 22.3. The molecule has 3 aromatic rings. The number of thioether (sulfide) groups is 1. The summed E-state index contributed by atoms with van der Waals surface area (Å²) in [6.45, 7) is 4.35. The van der Waals surface area contributed by atoms with Crippen LogP contribution in [-0.4, -0.2) is 43.1 Å². The van der Waals surface area contributed by atoms with E-state index in [9.17, 15) is 12.8 Å². The van der Waals surface area contributed by atoms with Gasteiger partial charge in [-0.25, -0.2) is 12.8 Å². The Kier molecular flexibility index (Phi) is 7.11. The summed E-state index contributed by atoms with van der Waals surface area (Å²) in [5.41, 5.74) is 1.17. The van der Waals surface area contributed by atoms with Gasteiger partial charge in [0.1, 0.15) is 11.6 Å². The van der Waals surface area contributed by atoms with E-state index in [1.54, 1.807) is 38.1 Å². The van der Waals surface area contributed by atoms with E-state index in [4.69, 9.17) is 9.15 Å². The molecular weight excluding hydrogens is 429 g/mol. The average molecular weight is 452 g/mol. The highest BCUT2D eigenvalue weighted by molar-refractivity contribution is 7.98. The molecule has 0 bridgehead atoms. The minimum absolute atomic E-state index is 0.167. The van der Waals surface area contributed by atoms with Gasteiger partial charge in [-0.1, -0.05) is 31.7 Å². The highest BCUT2D eigenvalue weighted by Gasteiger charge is 2.22. The molecule has 160 valence electrons. The standard InChI is InChI=1S/C20H22FN3O4S2/c1-4-24(5-2)30(25,26)17-8-6-7-14(12-17)19-22-23-20(28-19)29-13-15-11-16(21)9-10-18(15)27-3/h6-12H,4-5,13H2,1-3H3. The van der Waals surface area contributed by atoms with Gasteiger partial charge in [-0.3, -0.25) is 0 Å². The molecule has 0 aliphatic rings. The Bertz CT molecular complexity index is 1110. The quantitative estimate of drug-likeness (QED) is 0.451. The van der Waals surface area contributed by atoms with Crippen LogP contribution in [0.25, 0.3) is 11.5 Å². The minimum atomic E-state index is -3.59. The Morgan fingerprint density at radius 1 is 1.13 bits per heavy atom. The lowest BCUT2D eigenvalue weighted by Gasteiger charge is -2.18. The summed E-state index contributed by atoms with van der Waals surface area (Å²) in [5.74, 6) is 0.793. The van der Waals surface area contributed by atoms with Gasteiger partial charge in [0, 0.05) is 30.0 Å². The van der Waals surface area contributed by atoms with Gasteiger partial charge in [0.15, 0.2) is 0 Å². The second-order valence-electron chi connectivity index (χ2n) is 6.24. The van der Waals surface area contributed by atoms with Gasteiger partial charge in [0.05, 0.1) is 12.0 Å². The molecule has 0 saturated carbocycles. The number of ether oxygens (including phenoxy) is 1. The predicted octanol–water partition coefficient (Wildman–Crippen LogP) is 4.21. The topological polar surface area (TPSA) is 85.5 Å². The van der Waals surface area contributed by atoms with Crippen molar-refractivity contribution in [3.8, 4) is 17.2 Å². The van der Waals surface area contributed by atoms with Crippen LogP contribution in [0.5, 0.6) is 5.75 Å². The fourth-order valence-corrected chi connectivity index (χ4v) is 5.13. The first-order chi connectivity index (χ1) is 14.4. The summed E-state index contributed by atoms with van der Waals surface area (Å²) in [4.78, 5) is 0.167. The number of sulfonamides is 1. The zero-order valence-electron chi connectivity index (χ0n) is 16.8. The zero-order chi connectivity index (χ0) is 21.7. The summed E-state index contributed by atoms with van der Waals surface area (Å²) in [7, 11) is -2.07. The van der Waals surface area contributed by atoms with Gasteiger partial charge in [0.25, 0.3) is 5.22 Å². The molecule has 0 saturated heterocycles. The maximum Gasteiger partial charge on any atom is 0.277 e. The second kappa shape index (κ2) is 9.59. The molecule has 3 rings (SSSR count). The van der Waals surface area contributed by atoms with E-state index in [0.29, 0.717) is 35.7 Å². The molecular formula is C20H22FN3O4S2. The molecule has 2 aromatic carbocycles. The van der Waals surface area contributed by atoms with Crippen LogP contribution in [0.3, 0.4) is 0 Å². The van der Waals surface area contributed by atoms with Crippen LogP contribution in [0.15, 0.2) is 57.0 Å². The maximum atomic E-state index is 13.5. The van der Waals surface area contributed by atoms with Crippen LogP contribution in [-0.2, 0) is 15.8 Å². The molecule has 0 aliphatic heterocycles.